The van der Waals surface area contributed by atoms with Crippen molar-refractivity contribution in [2.75, 3.05) is 12.4 Å². The van der Waals surface area contributed by atoms with Crippen molar-refractivity contribution in [3.8, 4) is 5.75 Å². The van der Waals surface area contributed by atoms with Crippen LogP contribution < -0.4 is 15.4 Å². The van der Waals surface area contributed by atoms with Crippen molar-refractivity contribution >= 4 is 23.8 Å². The van der Waals surface area contributed by atoms with Crippen molar-refractivity contribution in [3.63, 3.8) is 0 Å². The molecular formula is C21H22N4O4. The molecule has 1 aliphatic heterocycles. The molecule has 2 atom stereocenters. The number of aliphatic hydroxyl groups excluding tert-OH is 1. The van der Waals surface area contributed by atoms with Crippen molar-refractivity contribution in [1.29, 1.82) is 0 Å². The van der Waals surface area contributed by atoms with E-state index in [1.165, 1.54) is 6.92 Å². The first-order valence-corrected chi connectivity index (χ1v) is 8.99. The molecule has 0 spiro atoms. The molecule has 0 bridgehead atoms. The predicted molar refractivity (Wildman–Crippen MR) is 109 cm³/mol. The Morgan fingerprint density at radius 3 is 2.48 bits per heavy atom. The summed E-state index contributed by atoms with van der Waals surface area (Å²) in [4.78, 5) is 29.4. The van der Waals surface area contributed by atoms with Crippen LogP contribution in [0.2, 0.25) is 0 Å². The average Bonchev–Trinajstić information content (AvgIpc) is 2.71. The molecule has 0 aliphatic carbocycles. The molecule has 0 radical (unpaired) electrons. The number of carbonyl (C=O) groups excluding carboxylic acids is 2. The summed E-state index contributed by atoms with van der Waals surface area (Å²) in [7, 11) is 1.79. The van der Waals surface area contributed by atoms with E-state index in [1.807, 2.05) is 6.07 Å². The second kappa shape index (κ2) is 9.03. The monoisotopic (exact) mass is 394 g/mol. The highest BCUT2D eigenvalue weighted by Gasteiger charge is 2.18. The van der Waals surface area contributed by atoms with Gasteiger partial charge in [-0.25, -0.2) is 4.99 Å². The zero-order valence-electron chi connectivity index (χ0n) is 16.1. The number of benzene rings is 2. The number of rotatable bonds is 6. The van der Waals surface area contributed by atoms with Crippen LogP contribution in [-0.2, 0) is 9.59 Å². The maximum absolute atomic E-state index is 12.2. The van der Waals surface area contributed by atoms with E-state index in [2.05, 4.69) is 15.6 Å². The van der Waals surface area contributed by atoms with E-state index in [0.717, 1.165) is 0 Å². The van der Waals surface area contributed by atoms with Gasteiger partial charge < -0.3 is 25.4 Å². The standard InChI is InChI=1S/C21H22N4O4/c1-14(26)23-18-12-19(22-13-25(18)2)29-17-10-8-16(9-11-17)24-21(28)20(27)15-6-4-3-5-7-15/h3-13,18,20,27H,1-2H3,(H,23,26)(H,24,28)/t18?,20-/m1/s1. The lowest BCUT2D eigenvalue weighted by Crippen LogP contribution is -2.45. The van der Waals surface area contributed by atoms with Gasteiger partial charge in [-0.1, -0.05) is 30.3 Å². The molecule has 1 heterocycles. The third-order valence-electron chi connectivity index (χ3n) is 4.17. The van der Waals surface area contributed by atoms with Gasteiger partial charge in [0.05, 0.1) is 6.34 Å². The van der Waals surface area contributed by atoms with Crippen LogP contribution in [0.4, 0.5) is 5.69 Å². The van der Waals surface area contributed by atoms with Crippen molar-refractivity contribution < 1.29 is 19.4 Å². The van der Waals surface area contributed by atoms with Gasteiger partial charge in [0, 0.05) is 25.7 Å². The number of aliphatic imine (C=N–C) groups is 1. The van der Waals surface area contributed by atoms with Gasteiger partial charge in [0.15, 0.2) is 6.10 Å². The van der Waals surface area contributed by atoms with Crippen LogP contribution in [0.3, 0.4) is 0 Å². The molecule has 2 aromatic rings. The molecule has 2 amide bonds. The number of aliphatic hydroxyl groups is 1. The molecule has 1 unspecified atom stereocenters. The Morgan fingerprint density at radius 2 is 1.83 bits per heavy atom. The highest BCUT2D eigenvalue weighted by molar-refractivity contribution is 5.94. The fourth-order valence-corrected chi connectivity index (χ4v) is 2.65. The molecule has 0 saturated heterocycles. The van der Waals surface area contributed by atoms with Crippen LogP contribution in [0.25, 0.3) is 0 Å². The number of ether oxygens (including phenoxy) is 1. The molecule has 2 aromatic carbocycles. The number of hydrogen-bond acceptors (Lipinski definition) is 6. The molecule has 3 rings (SSSR count). The van der Waals surface area contributed by atoms with Crippen LogP contribution in [0.1, 0.15) is 18.6 Å². The maximum Gasteiger partial charge on any atom is 0.257 e. The lowest BCUT2D eigenvalue weighted by atomic mass is 10.1. The summed E-state index contributed by atoms with van der Waals surface area (Å²) in [5.74, 6) is 0.176. The molecule has 0 aromatic heterocycles. The van der Waals surface area contributed by atoms with Crippen LogP contribution in [0.15, 0.2) is 71.5 Å². The average molecular weight is 394 g/mol. The lowest BCUT2D eigenvalue weighted by molar-refractivity contribution is -0.124. The Morgan fingerprint density at radius 1 is 1.14 bits per heavy atom. The van der Waals surface area contributed by atoms with Crippen LogP contribution in [0, 0.1) is 0 Å². The van der Waals surface area contributed by atoms with Crippen molar-refractivity contribution in [2.24, 2.45) is 4.99 Å². The third-order valence-corrected chi connectivity index (χ3v) is 4.17. The van der Waals surface area contributed by atoms with Crippen LogP contribution >= 0.6 is 0 Å². The molecule has 1 aliphatic rings. The minimum atomic E-state index is -1.25. The van der Waals surface area contributed by atoms with E-state index < -0.39 is 12.0 Å². The van der Waals surface area contributed by atoms with Gasteiger partial charge in [-0.05, 0) is 29.8 Å². The van der Waals surface area contributed by atoms with E-state index in [-0.39, 0.29) is 12.1 Å². The van der Waals surface area contributed by atoms with Gasteiger partial charge >= 0.3 is 0 Å². The molecule has 8 nitrogen and oxygen atoms in total. The highest BCUT2D eigenvalue weighted by Crippen LogP contribution is 2.21. The largest absolute Gasteiger partial charge is 0.439 e. The smallest absolute Gasteiger partial charge is 0.257 e. The number of carbonyl (C=O) groups is 2. The second-order valence-electron chi connectivity index (χ2n) is 6.49. The van der Waals surface area contributed by atoms with E-state index in [9.17, 15) is 14.7 Å². The highest BCUT2D eigenvalue weighted by atomic mass is 16.5. The Kier molecular flexibility index (Phi) is 6.25. The van der Waals surface area contributed by atoms with E-state index in [1.54, 1.807) is 72.9 Å². The first-order valence-electron chi connectivity index (χ1n) is 8.99. The fourth-order valence-electron chi connectivity index (χ4n) is 2.65. The molecule has 0 saturated carbocycles. The Labute approximate surface area is 168 Å². The van der Waals surface area contributed by atoms with Gasteiger partial charge in [0.1, 0.15) is 11.9 Å². The zero-order valence-corrected chi connectivity index (χ0v) is 16.1. The Balaban J connectivity index is 1.61. The molecule has 0 fully saturated rings. The lowest BCUT2D eigenvalue weighted by Gasteiger charge is -2.27. The number of anilines is 1. The summed E-state index contributed by atoms with van der Waals surface area (Å²) in [6.45, 7) is 1.44. The molecular weight excluding hydrogens is 372 g/mol. The number of likely N-dealkylation sites (N-methyl/N-ethyl adjacent to an activating group) is 1. The molecule has 3 N–H and O–H groups in total. The van der Waals surface area contributed by atoms with Crippen molar-refractivity contribution in [1.82, 2.24) is 10.2 Å². The van der Waals surface area contributed by atoms with Gasteiger partial charge in [0.25, 0.3) is 5.91 Å². The molecule has 8 heteroatoms. The van der Waals surface area contributed by atoms with Gasteiger partial charge in [-0.15, -0.1) is 0 Å². The first kappa shape index (κ1) is 20.1. The predicted octanol–water partition coefficient (Wildman–Crippen LogP) is 2.01. The summed E-state index contributed by atoms with van der Waals surface area (Å²) in [5, 5.41) is 15.6. The summed E-state index contributed by atoms with van der Waals surface area (Å²) >= 11 is 0. The number of nitrogens with zero attached hydrogens (tertiary/aromatic N) is 2. The van der Waals surface area contributed by atoms with E-state index in [4.69, 9.17) is 4.74 Å². The molecule has 150 valence electrons. The summed E-state index contributed by atoms with van der Waals surface area (Å²) in [6.07, 6.45) is 1.65. The molecule has 29 heavy (non-hydrogen) atoms. The van der Waals surface area contributed by atoms with Crippen molar-refractivity contribution in [3.05, 3.63) is 72.1 Å². The summed E-state index contributed by atoms with van der Waals surface area (Å²) < 4.78 is 5.72. The van der Waals surface area contributed by atoms with Gasteiger partial charge in [-0.3, -0.25) is 9.59 Å². The minimum absolute atomic E-state index is 0.162. The quantitative estimate of drug-likeness (QED) is 0.696. The first-order chi connectivity index (χ1) is 13.9. The van der Waals surface area contributed by atoms with Gasteiger partial charge in [0.2, 0.25) is 11.8 Å². The summed E-state index contributed by atoms with van der Waals surface area (Å²) in [5.41, 5.74) is 1.04. The SMILES string of the molecule is CC(=O)NC1C=C(Oc2ccc(NC(=O)[C@H](O)c3ccccc3)cc2)N=CN1C. The number of amides is 2. The second-order valence-corrected chi connectivity index (χ2v) is 6.49. The fraction of sp³-hybridized carbons (Fsp3) is 0.190. The van der Waals surface area contributed by atoms with E-state index >= 15 is 0 Å². The maximum atomic E-state index is 12.2. The Hall–Kier alpha value is -3.65. The minimum Gasteiger partial charge on any atom is -0.439 e. The number of hydrogen-bond donors (Lipinski definition) is 3. The van der Waals surface area contributed by atoms with E-state index in [0.29, 0.717) is 22.9 Å². The van der Waals surface area contributed by atoms with Crippen LogP contribution in [0.5, 0.6) is 5.75 Å². The Bertz CT molecular complexity index is 925. The normalized spacial score (nSPS) is 16.6. The number of nitrogens with one attached hydrogen (secondary N) is 2. The van der Waals surface area contributed by atoms with Gasteiger partial charge in [-0.2, -0.15) is 0 Å². The topological polar surface area (TPSA) is 103 Å². The third kappa shape index (κ3) is 5.43. The summed E-state index contributed by atoms with van der Waals surface area (Å²) in [6, 6.07) is 15.4. The van der Waals surface area contributed by atoms with Crippen molar-refractivity contribution in [2.45, 2.75) is 19.2 Å². The van der Waals surface area contributed by atoms with Crippen LogP contribution in [-0.4, -0.2) is 41.4 Å². The zero-order chi connectivity index (χ0) is 20.8.